The zero-order chi connectivity index (χ0) is 11.3. The van der Waals surface area contributed by atoms with E-state index in [-0.39, 0.29) is 29.6 Å². The smallest absolute Gasteiger partial charge is 0.191 e. The molecule has 1 saturated carbocycles. The van der Waals surface area contributed by atoms with Gasteiger partial charge >= 0.3 is 0 Å². The molecule has 0 aromatic carbocycles. The molecule has 4 nitrogen and oxygen atoms in total. The molecular weight excluding hydrogens is 317 g/mol. The van der Waals surface area contributed by atoms with Crippen LogP contribution in [0.2, 0.25) is 0 Å². The van der Waals surface area contributed by atoms with Gasteiger partial charge in [-0.15, -0.1) is 24.0 Å². The zero-order valence-electron chi connectivity index (χ0n) is 10.7. The Morgan fingerprint density at radius 2 is 2.00 bits per heavy atom. The summed E-state index contributed by atoms with van der Waals surface area (Å²) in [6, 6.07) is 0. The first kappa shape index (κ1) is 16.0. The molecule has 0 saturated heterocycles. The minimum Gasteiger partial charge on any atom is -0.377 e. The topological polar surface area (TPSA) is 45.7 Å². The summed E-state index contributed by atoms with van der Waals surface area (Å²) < 4.78 is 5.33. The SMILES string of the molecule is CN=C(NCC1CC1)NCC(C)(C)OC.I. The average molecular weight is 341 g/mol. The highest BCUT2D eigenvalue weighted by molar-refractivity contribution is 14.0. The molecule has 0 spiro atoms. The molecule has 0 amide bonds. The van der Waals surface area contributed by atoms with E-state index in [2.05, 4.69) is 15.6 Å². The molecular formula is C11H24IN3O. The normalized spacial score (nSPS) is 16.6. The maximum atomic E-state index is 5.33. The number of hydrogen-bond acceptors (Lipinski definition) is 2. The molecule has 0 bridgehead atoms. The molecule has 16 heavy (non-hydrogen) atoms. The summed E-state index contributed by atoms with van der Waals surface area (Å²) in [4.78, 5) is 4.16. The van der Waals surface area contributed by atoms with Crippen molar-refractivity contribution >= 4 is 29.9 Å². The third kappa shape index (κ3) is 6.52. The van der Waals surface area contributed by atoms with Crippen molar-refractivity contribution < 1.29 is 4.74 Å². The van der Waals surface area contributed by atoms with E-state index in [9.17, 15) is 0 Å². The molecule has 1 aliphatic carbocycles. The van der Waals surface area contributed by atoms with E-state index in [1.807, 2.05) is 13.8 Å². The average Bonchev–Trinajstić information content (AvgIpc) is 3.02. The molecule has 0 unspecified atom stereocenters. The van der Waals surface area contributed by atoms with Crippen LogP contribution in [0.1, 0.15) is 26.7 Å². The van der Waals surface area contributed by atoms with E-state index in [4.69, 9.17) is 4.74 Å². The molecule has 0 heterocycles. The Bertz CT molecular complexity index is 227. The van der Waals surface area contributed by atoms with Gasteiger partial charge in [0.05, 0.1) is 5.60 Å². The number of nitrogens with one attached hydrogen (secondary N) is 2. The van der Waals surface area contributed by atoms with Crippen LogP contribution in [0.25, 0.3) is 0 Å². The van der Waals surface area contributed by atoms with E-state index in [1.165, 1.54) is 12.8 Å². The molecule has 96 valence electrons. The molecule has 5 heteroatoms. The summed E-state index contributed by atoms with van der Waals surface area (Å²) >= 11 is 0. The third-order valence-corrected chi connectivity index (χ3v) is 2.71. The molecule has 0 atom stereocenters. The number of nitrogens with zero attached hydrogens (tertiary/aromatic N) is 1. The van der Waals surface area contributed by atoms with Gasteiger partial charge in [-0.1, -0.05) is 0 Å². The van der Waals surface area contributed by atoms with Crippen LogP contribution in [0.4, 0.5) is 0 Å². The van der Waals surface area contributed by atoms with Gasteiger partial charge in [-0.2, -0.15) is 0 Å². The Morgan fingerprint density at radius 3 is 2.44 bits per heavy atom. The fraction of sp³-hybridized carbons (Fsp3) is 0.909. The van der Waals surface area contributed by atoms with E-state index in [0.717, 1.165) is 25.0 Å². The highest BCUT2D eigenvalue weighted by Gasteiger charge is 2.21. The monoisotopic (exact) mass is 341 g/mol. The fourth-order valence-electron chi connectivity index (χ4n) is 1.15. The van der Waals surface area contributed by atoms with Crippen LogP contribution in [0, 0.1) is 5.92 Å². The summed E-state index contributed by atoms with van der Waals surface area (Å²) in [5, 5.41) is 6.57. The van der Waals surface area contributed by atoms with Crippen molar-refractivity contribution in [2.45, 2.75) is 32.3 Å². The fourth-order valence-corrected chi connectivity index (χ4v) is 1.15. The Labute approximate surface area is 116 Å². The molecule has 1 fully saturated rings. The quantitative estimate of drug-likeness (QED) is 0.454. The van der Waals surface area contributed by atoms with Gasteiger partial charge in [0.25, 0.3) is 0 Å². The van der Waals surface area contributed by atoms with Crippen molar-refractivity contribution in [2.75, 3.05) is 27.2 Å². The minimum atomic E-state index is -0.156. The van der Waals surface area contributed by atoms with E-state index in [1.54, 1.807) is 14.2 Å². The molecule has 0 aromatic rings. The van der Waals surface area contributed by atoms with Crippen molar-refractivity contribution in [3.05, 3.63) is 0 Å². The number of methoxy groups -OCH3 is 1. The number of ether oxygens (including phenoxy) is 1. The number of guanidine groups is 1. The van der Waals surface area contributed by atoms with Crippen molar-refractivity contribution in [1.29, 1.82) is 0 Å². The Hall–Kier alpha value is -0.0400. The molecule has 0 aromatic heterocycles. The van der Waals surface area contributed by atoms with Gasteiger partial charge in [0.1, 0.15) is 0 Å². The van der Waals surface area contributed by atoms with Crippen molar-refractivity contribution in [3.8, 4) is 0 Å². The maximum absolute atomic E-state index is 5.33. The summed E-state index contributed by atoms with van der Waals surface area (Å²) in [7, 11) is 3.52. The predicted octanol–water partition coefficient (Wildman–Crippen LogP) is 1.60. The number of hydrogen-bond donors (Lipinski definition) is 2. The molecule has 1 rings (SSSR count). The number of halogens is 1. The Kier molecular flexibility index (Phi) is 7.30. The van der Waals surface area contributed by atoms with Crippen LogP contribution in [0.3, 0.4) is 0 Å². The van der Waals surface area contributed by atoms with Gasteiger partial charge in [0, 0.05) is 27.2 Å². The van der Waals surface area contributed by atoms with Gasteiger partial charge in [0.2, 0.25) is 0 Å². The summed E-state index contributed by atoms with van der Waals surface area (Å²) in [6.07, 6.45) is 2.71. The summed E-state index contributed by atoms with van der Waals surface area (Å²) in [5.74, 6) is 1.73. The van der Waals surface area contributed by atoms with Crippen molar-refractivity contribution in [3.63, 3.8) is 0 Å². The lowest BCUT2D eigenvalue weighted by molar-refractivity contribution is 0.0268. The summed E-state index contributed by atoms with van der Waals surface area (Å²) in [6.45, 7) is 5.89. The molecule has 1 aliphatic rings. The first-order valence-corrected chi connectivity index (χ1v) is 5.57. The van der Waals surface area contributed by atoms with Crippen LogP contribution in [-0.2, 0) is 4.74 Å². The predicted molar refractivity (Wildman–Crippen MR) is 78.6 cm³/mol. The van der Waals surface area contributed by atoms with E-state index < -0.39 is 0 Å². The van der Waals surface area contributed by atoms with Gasteiger partial charge in [-0.05, 0) is 32.6 Å². The van der Waals surface area contributed by atoms with Gasteiger partial charge in [-0.25, -0.2) is 0 Å². The highest BCUT2D eigenvalue weighted by atomic mass is 127. The van der Waals surface area contributed by atoms with Crippen LogP contribution >= 0.6 is 24.0 Å². The van der Waals surface area contributed by atoms with Crippen LogP contribution < -0.4 is 10.6 Å². The van der Waals surface area contributed by atoms with Gasteiger partial charge < -0.3 is 15.4 Å². The van der Waals surface area contributed by atoms with Crippen molar-refractivity contribution in [1.82, 2.24) is 10.6 Å². The lowest BCUT2D eigenvalue weighted by Gasteiger charge is -2.24. The molecule has 0 aliphatic heterocycles. The maximum Gasteiger partial charge on any atom is 0.191 e. The van der Waals surface area contributed by atoms with Crippen LogP contribution in [0.5, 0.6) is 0 Å². The second-order valence-electron chi connectivity index (χ2n) is 4.71. The standard InChI is InChI=1S/C11H23N3O.HI/c1-11(2,15-4)8-14-10(12-3)13-7-9-5-6-9;/h9H,5-8H2,1-4H3,(H2,12,13,14);1H. The number of aliphatic imine (C=N–C) groups is 1. The highest BCUT2D eigenvalue weighted by Crippen LogP contribution is 2.27. The van der Waals surface area contributed by atoms with E-state index >= 15 is 0 Å². The summed E-state index contributed by atoms with van der Waals surface area (Å²) in [5.41, 5.74) is -0.156. The third-order valence-electron chi connectivity index (χ3n) is 2.71. The lowest BCUT2D eigenvalue weighted by Crippen LogP contribution is -2.45. The lowest BCUT2D eigenvalue weighted by atomic mass is 10.1. The largest absolute Gasteiger partial charge is 0.377 e. The zero-order valence-corrected chi connectivity index (χ0v) is 13.0. The molecule has 2 N–H and O–H groups in total. The van der Waals surface area contributed by atoms with Gasteiger partial charge in [-0.3, -0.25) is 4.99 Å². The first-order valence-electron chi connectivity index (χ1n) is 5.57. The van der Waals surface area contributed by atoms with Crippen LogP contribution in [0.15, 0.2) is 4.99 Å². The van der Waals surface area contributed by atoms with E-state index in [0.29, 0.717) is 0 Å². The van der Waals surface area contributed by atoms with Crippen LogP contribution in [-0.4, -0.2) is 38.8 Å². The van der Waals surface area contributed by atoms with Gasteiger partial charge in [0.15, 0.2) is 5.96 Å². The second kappa shape index (κ2) is 7.32. The second-order valence-corrected chi connectivity index (χ2v) is 4.71. The van der Waals surface area contributed by atoms with Crippen molar-refractivity contribution in [2.24, 2.45) is 10.9 Å². The first-order chi connectivity index (χ1) is 7.07. The minimum absolute atomic E-state index is 0. The Morgan fingerprint density at radius 1 is 1.38 bits per heavy atom. The number of rotatable bonds is 5. The Balaban J connectivity index is 0.00000225. The molecule has 0 radical (unpaired) electrons.